The maximum atomic E-state index is 11.5. The normalized spacial score (nSPS) is 16.9. The van der Waals surface area contributed by atoms with E-state index in [4.69, 9.17) is 9.72 Å². The van der Waals surface area contributed by atoms with Crippen LogP contribution < -0.4 is 15.0 Å². The molecule has 190 valence electrons. The molecule has 0 bridgehead atoms. The van der Waals surface area contributed by atoms with Crippen LogP contribution in [0.15, 0.2) is 36.8 Å². The number of hydrogen-bond acceptors (Lipinski definition) is 8. The molecule has 0 saturated heterocycles. The van der Waals surface area contributed by atoms with Crippen molar-refractivity contribution < 1.29 is 14.3 Å². The second-order valence-electron chi connectivity index (χ2n) is 9.53. The summed E-state index contributed by atoms with van der Waals surface area (Å²) in [5.74, 6) is 2.92. The average Bonchev–Trinajstić information content (AvgIpc) is 3.20. The minimum Gasteiger partial charge on any atom is -0.491 e. The van der Waals surface area contributed by atoms with Gasteiger partial charge in [0, 0.05) is 35.1 Å². The summed E-state index contributed by atoms with van der Waals surface area (Å²) in [6, 6.07) is 8.19. The van der Waals surface area contributed by atoms with E-state index < -0.39 is 6.09 Å². The molecule has 2 aliphatic rings. The van der Waals surface area contributed by atoms with E-state index in [1.54, 1.807) is 12.5 Å². The number of hydrogen-bond donors (Lipinski definition) is 2. The highest BCUT2D eigenvalue weighted by Crippen LogP contribution is 2.35. The number of ether oxygens (including phenoxy) is 2. The highest BCUT2D eigenvalue weighted by atomic mass is 16.5. The predicted octanol–water partition coefficient (Wildman–Crippen LogP) is 4.51. The van der Waals surface area contributed by atoms with E-state index >= 15 is 0 Å². The molecule has 0 spiro atoms. The molecule has 2 N–H and O–H groups in total. The van der Waals surface area contributed by atoms with Gasteiger partial charge in [-0.1, -0.05) is 19.4 Å². The second kappa shape index (κ2) is 9.68. The van der Waals surface area contributed by atoms with Crippen molar-refractivity contribution in [2.75, 3.05) is 30.5 Å². The Morgan fingerprint density at radius 2 is 2.16 bits per heavy atom. The molecule has 1 aromatic carbocycles. The number of nitrogens with one attached hydrogen (secondary N) is 2. The quantitative estimate of drug-likeness (QED) is 0.421. The van der Waals surface area contributed by atoms with Gasteiger partial charge in [-0.2, -0.15) is 4.98 Å². The van der Waals surface area contributed by atoms with Gasteiger partial charge >= 0.3 is 6.09 Å². The molecule has 1 atom stereocenters. The number of H-pyrrole nitrogens is 1. The van der Waals surface area contributed by atoms with E-state index in [1.165, 1.54) is 31.2 Å². The number of amides is 1. The Morgan fingerprint density at radius 1 is 1.24 bits per heavy atom. The number of pyridine rings is 1. The summed E-state index contributed by atoms with van der Waals surface area (Å²) in [5, 5.41) is 2.54. The van der Waals surface area contributed by atoms with Crippen LogP contribution in [0.2, 0.25) is 0 Å². The number of methoxy groups -OCH3 is 1. The molecule has 10 heteroatoms. The van der Waals surface area contributed by atoms with Gasteiger partial charge in [-0.05, 0) is 48.9 Å². The molecule has 0 radical (unpaired) electrons. The minimum atomic E-state index is -0.593. The number of nitrogens with zero attached hydrogens (tertiary/aromatic N) is 5. The lowest BCUT2D eigenvalue weighted by Crippen LogP contribution is -2.29. The van der Waals surface area contributed by atoms with Gasteiger partial charge in [-0.25, -0.2) is 19.7 Å². The van der Waals surface area contributed by atoms with E-state index in [0.29, 0.717) is 24.7 Å². The van der Waals surface area contributed by atoms with Crippen molar-refractivity contribution in [3.63, 3.8) is 0 Å². The molecule has 1 aliphatic carbocycles. The first-order valence-electron chi connectivity index (χ1n) is 12.7. The molecule has 10 nitrogen and oxygen atoms in total. The first-order chi connectivity index (χ1) is 18.1. The third-order valence-corrected chi connectivity index (χ3v) is 7.29. The third kappa shape index (κ3) is 4.54. The molecule has 1 unspecified atom stereocenters. The van der Waals surface area contributed by atoms with Crippen LogP contribution in [0.5, 0.6) is 5.75 Å². The number of carbonyl (C=O) groups excluding carboxylic acids is 1. The van der Waals surface area contributed by atoms with E-state index in [9.17, 15) is 4.79 Å². The fraction of sp³-hybridized carbons (Fsp3) is 0.370. The molecular formula is C27H29N7O3. The van der Waals surface area contributed by atoms with E-state index in [1.807, 2.05) is 18.2 Å². The van der Waals surface area contributed by atoms with Crippen molar-refractivity contribution in [2.45, 2.75) is 39.2 Å². The number of benzene rings is 1. The molecule has 3 aromatic heterocycles. The highest BCUT2D eigenvalue weighted by molar-refractivity contribution is 5.86. The van der Waals surface area contributed by atoms with Gasteiger partial charge in [-0.15, -0.1) is 0 Å². The molecular weight excluding hydrogens is 470 g/mol. The number of anilines is 2. The maximum absolute atomic E-state index is 11.5. The standard InChI is InChI=1S/C27H29N7O3/c1-3-16-4-6-20-21(10-16)29-15-30-25(20)34-8-9-37-23-7-5-17(11-19(23)14-34)18-12-22-24(28-13-18)32-26(31-22)33-27(35)36-2/h5,7,11-13,15-16H,3-4,6,8-10,14H2,1-2H3,(H2,28,31,32,33,35). The number of rotatable bonds is 4. The van der Waals surface area contributed by atoms with Gasteiger partial charge < -0.3 is 19.4 Å². The van der Waals surface area contributed by atoms with Crippen molar-refractivity contribution in [3.8, 4) is 16.9 Å². The van der Waals surface area contributed by atoms with Gasteiger partial charge in [-0.3, -0.25) is 5.32 Å². The van der Waals surface area contributed by atoms with Crippen molar-refractivity contribution in [2.24, 2.45) is 5.92 Å². The summed E-state index contributed by atoms with van der Waals surface area (Å²) < 4.78 is 10.8. The SMILES string of the molecule is CCC1CCc2c(ncnc2N2CCOc3ccc(-c4cnc5nc(NC(=O)OC)[nH]c5c4)cc3C2)C1. The number of aromatic nitrogens is 5. The van der Waals surface area contributed by atoms with E-state index in [0.717, 1.165) is 53.2 Å². The minimum absolute atomic E-state index is 0.288. The Labute approximate surface area is 214 Å². The van der Waals surface area contributed by atoms with Crippen LogP contribution in [0.3, 0.4) is 0 Å². The summed E-state index contributed by atoms with van der Waals surface area (Å²) in [4.78, 5) is 35.0. The Hall–Kier alpha value is -4.21. The first kappa shape index (κ1) is 23.2. The molecule has 37 heavy (non-hydrogen) atoms. The van der Waals surface area contributed by atoms with Crippen molar-refractivity contribution in [1.29, 1.82) is 0 Å². The van der Waals surface area contributed by atoms with Crippen molar-refractivity contribution >= 4 is 29.0 Å². The number of imidazole rings is 1. The van der Waals surface area contributed by atoms with Crippen LogP contribution in [0.25, 0.3) is 22.3 Å². The van der Waals surface area contributed by atoms with Crippen LogP contribution in [0.4, 0.5) is 16.6 Å². The van der Waals surface area contributed by atoms with Crippen molar-refractivity contribution in [3.05, 3.63) is 53.6 Å². The molecule has 4 heterocycles. The topological polar surface area (TPSA) is 118 Å². The lowest BCUT2D eigenvalue weighted by atomic mass is 9.85. The van der Waals surface area contributed by atoms with Gasteiger partial charge in [0.1, 0.15) is 24.5 Å². The zero-order valence-corrected chi connectivity index (χ0v) is 21.0. The summed E-state index contributed by atoms with van der Waals surface area (Å²) in [6.45, 7) is 4.33. The van der Waals surface area contributed by atoms with Crippen LogP contribution in [-0.2, 0) is 24.1 Å². The summed E-state index contributed by atoms with van der Waals surface area (Å²) in [7, 11) is 1.30. The smallest absolute Gasteiger partial charge is 0.413 e. The van der Waals surface area contributed by atoms with E-state index in [2.05, 4.69) is 47.9 Å². The number of aromatic amines is 1. The molecule has 0 fully saturated rings. The van der Waals surface area contributed by atoms with Crippen molar-refractivity contribution in [1.82, 2.24) is 24.9 Å². The Balaban J connectivity index is 1.29. The zero-order chi connectivity index (χ0) is 25.4. The average molecular weight is 500 g/mol. The van der Waals surface area contributed by atoms with Gasteiger partial charge in [0.25, 0.3) is 0 Å². The predicted molar refractivity (Wildman–Crippen MR) is 140 cm³/mol. The van der Waals surface area contributed by atoms with Crippen LogP contribution in [-0.4, -0.2) is 51.3 Å². The fourth-order valence-electron chi connectivity index (χ4n) is 5.23. The molecule has 1 amide bonds. The lowest BCUT2D eigenvalue weighted by molar-refractivity contribution is 0.186. The number of carbonyl (C=O) groups is 1. The maximum Gasteiger partial charge on any atom is 0.413 e. The zero-order valence-electron chi connectivity index (χ0n) is 21.0. The van der Waals surface area contributed by atoms with Crippen LogP contribution in [0.1, 0.15) is 36.6 Å². The number of fused-ring (bicyclic) bond motifs is 3. The second-order valence-corrected chi connectivity index (χ2v) is 9.53. The molecule has 1 aliphatic heterocycles. The Morgan fingerprint density at radius 3 is 3.03 bits per heavy atom. The summed E-state index contributed by atoms with van der Waals surface area (Å²) in [6.07, 6.45) is 7.34. The summed E-state index contributed by atoms with van der Waals surface area (Å²) in [5.41, 5.74) is 6.77. The molecule has 0 saturated carbocycles. The monoisotopic (exact) mass is 499 g/mol. The van der Waals surface area contributed by atoms with Gasteiger partial charge in [0.15, 0.2) is 5.65 Å². The lowest BCUT2D eigenvalue weighted by Gasteiger charge is -2.29. The largest absolute Gasteiger partial charge is 0.491 e. The molecule has 4 aromatic rings. The highest BCUT2D eigenvalue weighted by Gasteiger charge is 2.26. The Kier molecular flexibility index (Phi) is 6.07. The van der Waals surface area contributed by atoms with Gasteiger partial charge in [0.05, 0.1) is 19.2 Å². The third-order valence-electron chi connectivity index (χ3n) is 7.29. The van der Waals surface area contributed by atoms with E-state index in [-0.39, 0.29) is 5.95 Å². The molecule has 6 rings (SSSR count). The first-order valence-corrected chi connectivity index (χ1v) is 12.7. The van der Waals surface area contributed by atoms with Gasteiger partial charge in [0.2, 0.25) is 5.95 Å². The summed E-state index contributed by atoms with van der Waals surface area (Å²) >= 11 is 0. The Bertz CT molecular complexity index is 1470. The fourth-order valence-corrected chi connectivity index (χ4v) is 5.23. The van der Waals surface area contributed by atoms with Crippen LogP contribution in [0, 0.1) is 5.92 Å². The van der Waals surface area contributed by atoms with Crippen LogP contribution >= 0.6 is 0 Å².